The Kier molecular flexibility index (Phi) is 5.87. The zero-order valence-corrected chi connectivity index (χ0v) is 15.7. The third kappa shape index (κ3) is 4.27. The number of likely N-dealkylation sites (N-methyl/N-ethyl adjacent to an activating group) is 1. The van der Waals surface area contributed by atoms with Gasteiger partial charge in [0.1, 0.15) is 17.4 Å². The number of benzene rings is 2. The van der Waals surface area contributed by atoms with Gasteiger partial charge in [-0.25, -0.2) is 0 Å². The van der Waals surface area contributed by atoms with Crippen LogP contribution in [0.5, 0.6) is 5.75 Å². The number of methoxy groups -OCH3 is 1. The summed E-state index contributed by atoms with van der Waals surface area (Å²) in [7, 11) is 3.11. The Morgan fingerprint density at radius 2 is 1.93 bits per heavy atom. The predicted octanol–water partition coefficient (Wildman–Crippen LogP) is 3.26. The van der Waals surface area contributed by atoms with Crippen LogP contribution in [0.15, 0.2) is 66.4 Å². The molecule has 0 saturated carbocycles. The Bertz CT molecular complexity index is 1030. The second-order valence-electron chi connectivity index (χ2n) is 6.09. The lowest BCUT2D eigenvalue weighted by Crippen LogP contribution is -2.19. The number of nitriles is 1. The largest absolute Gasteiger partial charge is 0.497 e. The van der Waals surface area contributed by atoms with Crippen molar-refractivity contribution in [3.63, 3.8) is 0 Å². The van der Waals surface area contributed by atoms with Gasteiger partial charge >= 0.3 is 0 Å². The fraction of sp³-hybridized carbons (Fsp3) is 0.136. The first kappa shape index (κ1) is 18.9. The molecule has 1 aromatic heterocycles. The second-order valence-corrected chi connectivity index (χ2v) is 6.09. The van der Waals surface area contributed by atoms with Crippen molar-refractivity contribution in [3.8, 4) is 23.1 Å². The molecule has 6 nitrogen and oxygen atoms in total. The number of hydrogen-bond donors (Lipinski definition) is 1. The van der Waals surface area contributed by atoms with Crippen LogP contribution in [0, 0.1) is 11.3 Å². The van der Waals surface area contributed by atoms with E-state index < -0.39 is 5.91 Å². The molecule has 0 fully saturated rings. The lowest BCUT2D eigenvalue weighted by Gasteiger charge is -2.03. The molecule has 0 radical (unpaired) electrons. The molecule has 0 unspecified atom stereocenters. The van der Waals surface area contributed by atoms with E-state index in [1.807, 2.05) is 66.9 Å². The van der Waals surface area contributed by atoms with Gasteiger partial charge in [-0.05, 0) is 35.9 Å². The van der Waals surface area contributed by atoms with Gasteiger partial charge in [0.15, 0.2) is 0 Å². The molecule has 0 saturated heterocycles. The fourth-order valence-corrected chi connectivity index (χ4v) is 2.81. The number of carbonyl (C=O) groups is 1. The maximum absolute atomic E-state index is 11.9. The van der Waals surface area contributed by atoms with E-state index >= 15 is 0 Å². The molecule has 0 aliphatic carbocycles. The summed E-state index contributed by atoms with van der Waals surface area (Å²) < 4.78 is 7.02. The minimum Gasteiger partial charge on any atom is -0.497 e. The Balaban J connectivity index is 2.05. The van der Waals surface area contributed by atoms with E-state index in [-0.39, 0.29) is 5.57 Å². The van der Waals surface area contributed by atoms with Crippen LogP contribution < -0.4 is 10.1 Å². The molecule has 28 heavy (non-hydrogen) atoms. The van der Waals surface area contributed by atoms with Crippen molar-refractivity contribution in [2.24, 2.45) is 0 Å². The first-order chi connectivity index (χ1) is 13.6. The van der Waals surface area contributed by atoms with Crippen molar-refractivity contribution in [1.82, 2.24) is 15.1 Å². The number of aromatic nitrogens is 2. The summed E-state index contributed by atoms with van der Waals surface area (Å²) in [6.07, 6.45) is 3.40. The van der Waals surface area contributed by atoms with Gasteiger partial charge in [-0.1, -0.05) is 30.3 Å². The SMILES string of the molecule is CNC(=O)/C(C#N)=C/c1cn(Cc2ccccc2)nc1-c1ccc(OC)cc1. The summed E-state index contributed by atoms with van der Waals surface area (Å²) in [6.45, 7) is 0.583. The molecule has 0 aliphatic rings. The molecule has 0 atom stereocenters. The summed E-state index contributed by atoms with van der Waals surface area (Å²) in [5.74, 6) is 0.312. The molecule has 6 heteroatoms. The van der Waals surface area contributed by atoms with E-state index in [0.717, 1.165) is 16.9 Å². The molecule has 1 amide bonds. The highest BCUT2D eigenvalue weighted by molar-refractivity contribution is 6.02. The monoisotopic (exact) mass is 372 g/mol. The van der Waals surface area contributed by atoms with Crippen molar-refractivity contribution in [3.05, 3.63) is 77.5 Å². The van der Waals surface area contributed by atoms with Crippen LogP contribution in [0.25, 0.3) is 17.3 Å². The zero-order valence-electron chi connectivity index (χ0n) is 15.7. The van der Waals surface area contributed by atoms with Crippen LogP contribution in [0.2, 0.25) is 0 Å². The van der Waals surface area contributed by atoms with Crippen LogP contribution in [0.1, 0.15) is 11.1 Å². The van der Waals surface area contributed by atoms with Gasteiger partial charge < -0.3 is 10.1 Å². The lowest BCUT2D eigenvalue weighted by molar-refractivity contribution is -0.116. The van der Waals surface area contributed by atoms with Crippen LogP contribution in [0.4, 0.5) is 0 Å². The number of amides is 1. The van der Waals surface area contributed by atoms with Gasteiger partial charge in [-0.2, -0.15) is 10.4 Å². The van der Waals surface area contributed by atoms with Crippen LogP contribution in [0.3, 0.4) is 0 Å². The summed E-state index contributed by atoms with van der Waals surface area (Å²) in [4.78, 5) is 11.9. The molecule has 1 heterocycles. The Morgan fingerprint density at radius 1 is 1.21 bits per heavy atom. The van der Waals surface area contributed by atoms with Crippen molar-refractivity contribution >= 4 is 12.0 Å². The van der Waals surface area contributed by atoms with Gasteiger partial charge in [-0.3, -0.25) is 9.48 Å². The molecule has 0 aliphatic heterocycles. The van der Waals surface area contributed by atoms with E-state index in [2.05, 4.69) is 5.32 Å². The van der Waals surface area contributed by atoms with Gasteiger partial charge in [0.25, 0.3) is 5.91 Å². The minimum atomic E-state index is -0.431. The van der Waals surface area contributed by atoms with Crippen molar-refractivity contribution in [2.45, 2.75) is 6.54 Å². The van der Waals surface area contributed by atoms with Gasteiger partial charge in [0, 0.05) is 24.4 Å². The molecule has 3 rings (SSSR count). The summed E-state index contributed by atoms with van der Waals surface area (Å²) in [6, 6.07) is 19.4. The highest BCUT2D eigenvalue weighted by Gasteiger charge is 2.14. The van der Waals surface area contributed by atoms with Crippen molar-refractivity contribution in [2.75, 3.05) is 14.2 Å². The summed E-state index contributed by atoms with van der Waals surface area (Å²) in [5.41, 5.74) is 3.38. The van der Waals surface area contributed by atoms with Crippen LogP contribution >= 0.6 is 0 Å². The molecule has 3 aromatic rings. The highest BCUT2D eigenvalue weighted by Crippen LogP contribution is 2.26. The normalized spacial score (nSPS) is 11.0. The number of carbonyl (C=O) groups excluding carboxylic acids is 1. The molecule has 140 valence electrons. The number of ether oxygens (including phenoxy) is 1. The van der Waals surface area contributed by atoms with E-state index in [9.17, 15) is 10.1 Å². The van der Waals surface area contributed by atoms with Gasteiger partial charge in [-0.15, -0.1) is 0 Å². The second kappa shape index (κ2) is 8.69. The zero-order chi connectivity index (χ0) is 19.9. The standard InChI is InChI=1S/C22H20N4O2/c1-24-22(27)18(13-23)12-19-15-26(14-16-6-4-3-5-7-16)25-21(19)17-8-10-20(28-2)11-9-17/h3-12,15H,14H2,1-2H3,(H,24,27)/b18-12+. The Morgan fingerprint density at radius 3 is 2.54 bits per heavy atom. The molecule has 0 spiro atoms. The van der Waals surface area contributed by atoms with Gasteiger partial charge in [0.05, 0.1) is 19.3 Å². The topological polar surface area (TPSA) is 79.9 Å². The molecular weight excluding hydrogens is 352 g/mol. The lowest BCUT2D eigenvalue weighted by atomic mass is 10.1. The van der Waals surface area contributed by atoms with E-state index in [4.69, 9.17) is 9.84 Å². The maximum Gasteiger partial charge on any atom is 0.261 e. The Labute approximate surface area is 163 Å². The third-order valence-electron chi connectivity index (χ3n) is 4.23. The number of nitrogens with one attached hydrogen (secondary N) is 1. The number of rotatable bonds is 6. The van der Waals surface area contributed by atoms with Crippen molar-refractivity contribution in [1.29, 1.82) is 5.26 Å². The number of nitrogens with zero attached hydrogens (tertiary/aromatic N) is 3. The molecule has 0 bridgehead atoms. The predicted molar refractivity (Wildman–Crippen MR) is 107 cm³/mol. The molecule has 2 aromatic carbocycles. The highest BCUT2D eigenvalue weighted by atomic mass is 16.5. The van der Waals surface area contributed by atoms with Crippen molar-refractivity contribution < 1.29 is 9.53 Å². The van der Waals surface area contributed by atoms with E-state index in [0.29, 0.717) is 17.8 Å². The van der Waals surface area contributed by atoms with E-state index in [1.54, 1.807) is 17.9 Å². The number of hydrogen-bond acceptors (Lipinski definition) is 4. The van der Waals surface area contributed by atoms with Crippen LogP contribution in [-0.2, 0) is 11.3 Å². The molecular formula is C22H20N4O2. The average Bonchev–Trinajstić information content (AvgIpc) is 3.14. The third-order valence-corrected chi connectivity index (χ3v) is 4.23. The van der Waals surface area contributed by atoms with E-state index in [1.165, 1.54) is 7.05 Å². The molecule has 1 N–H and O–H groups in total. The quantitative estimate of drug-likeness (QED) is 0.532. The summed E-state index contributed by atoms with van der Waals surface area (Å²) in [5, 5.41) is 16.5. The smallest absolute Gasteiger partial charge is 0.261 e. The maximum atomic E-state index is 11.9. The fourth-order valence-electron chi connectivity index (χ4n) is 2.81. The first-order valence-electron chi connectivity index (χ1n) is 8.74. The first-order valence-corrected chi connectivity index (χ1v) is 8.74. The minimum absolute atomic E-state index is 0.0246. The van der Waals surface area contributed by atoms with Gasteiger partial charge in [0.2, 0.25) is 0 Å². The Hall–Kier alpha value is -3.85. The summed E-state index contributed by atoms with van der Waals surface area (Å²) >= 11 is 0. The van der Waals surface area contributed by atoms with Crippen LogP contribution in [-0.4, -0.2) is 29.8 Å². The average molecular weight is 372 g/mol.